The van der Waals surface area contributed by atoms with Crippen LogP contribution in [0.1, 0.15) is 38.2 Å². The van der Waals surface area contributed by atoms with E-state index in [-0.39, 0.29) is 5.97 Å². The van der Waals surface area contributed by atoms with Gasteiger partial charge >= 0.3 is 5.97 Å². The van der Waals surface area contributed by atoms with Crippen molar-refractivity contribution in [3.8, 4) is 0 Å². The SMILES string of the molecule is CCOC(=O)CCCCCN1CCc2c(N)cccc21. The van der Waals surface area contributed by atoms with Crippen LogP contribution in [0.3, 0.4) is 0 Å². The number of carbonyl (C=O) groups excluding carboxylic acids is 1. The second-order valence-corrected chi connectivity index (χ2v) is 5.20. The Labute approximate surface area is 120 Å². The number of esters is 1. The van der Waals surface area contributed by atoms with Gasteiger partial charge in [0.05, 0.1) is 6.61 Å². The van der Waals surface area contributed by atoms with Crippen LogP contribution in [-0.2, 0) is 16.0 Å². The van der Waals surface area contributed by atoms with Crippen molar-refractivity contribution in [3.05, 3.63) is 23.8 Å². The first kappa shape index (κ1) is 14.7. The first-order chi connectivity index (χ1) is 9.72. The fourth-order valence-corrected chi connectivity index (χ4v) is 2.74. The molecule has 0 amide bonds. The molecule has 0 fully saturated rings. The van der Waals surface area contributed by atoms with E-state index in [4.69, 9.17) is 10.5 Å². The van der Waals surface area contributed by atoms with Crippen molar-refractivity contribution in [2.75, 3.05) is 30.3 Å². The highest BCUT2D eigenvalue weighted by Gasteiger charge is 2.19. The van der Waals surface area contributed by atoms with Crippen LogP contribution in [0.4, 0.5) is 11.4 Å². The normalized spacial score (nSPS) is 13.3. The Morgan fingerprint density at radius 1 is 1.35 bits per heavy atom. The molecule has 0 unspecified atom stereocenters. The number of nitrogens with two attached hydrogens (primary N) is 1. The molecule has 4 nitrogen and oxygen atoms in total. The number of anilines is 2. The van der Waals surface area contributed by atoms with E-state index in [1.807, 2.05) is 19.1 Å². The van der Waals surface area contributed by atoms with Crippen LogP contribution in [0.2, 0.25) is 0 Å². The number of rotatable bonds is 7. The smallest absolute Gasteiger partial charge is 0.305 e. The second kappa shape index (κ2) is 7.17. The van der Waals surface area contributed by atoms with Crippen LogP contribution in [0.15, 0.2) is 18.2 Å². The van der Waals surface area contributed by atoms with Gasteiger partial charge in [0.25, 0.3) is 0 Å². The summed E-state index contributed by atoms with van der Waals surface area (Å²) >= 11 is 0. The Balaban J connectivity index is 1.69. The van der Waals surface area contributed by atoms with Gasteiger partial charge in [0.15, 0.2) is 0 Å². The van der Waals surface area contributed by atoms with E-state index in [9.17, 15) is 4.79 Å². The number of unbranched alkanes of at least 4 members (excludes halogenated alkanes) is 2. The van der Waals surface area contributed by atoms with Gasteiger partial charge in [0, 0.05) is 36.4 Å². The molecule has 1 aliphatic heterocycles. The van der Waals surface area contributed by atoms with Crippen molar-refractivity contribution < 1.29 is 9.53 Å². The van der Waals surface area contributed by atoms with Crippen LogP contribution in [0, 0.1) is 0 Å². The Kier molecular flexibility index (Phi) is 5.27. The van der Waals surface area contributed by atoms with E-state index in [0.717, 1.165) is 44.5 Å². The molecule has 4 heteroatoms. The Hall–Kier alpha value is -1.71. The molecule has 1 heterocycles. The minimum atomic E-state index is -0.0770. The van der Waals surface area contributed by atoms with Crippen LogP contribution in [0.5, 0.6) is 0 Å². The largest absolute Gasteiger partial charge is 0.466 e. The van der Waals surface area contributed by atoms with Gasteiger partial charge in [-0.3, -0.25) is 4.79 Å². The van der Waals surface area contributed by atoms with E-state index >= 15 is 0 Å². The van der Waals surface area contributed by atoms with Crippen molar-refractivity contribution >= 4 is 17.3 Å². The summed E-state index contributed by atoms with van der Waals surface area (Å²) < 4.78 is 4.92. The van der Waals surface area contributed by atoms with Crippen molar-refractivity contribution in [2.24, 2.45) is 0 Å². The molecule has 0 aromatic heterocycles. The summed E-state index contributed by atoms with van der Waals surface area (Å²) in [6, 6.07) is 6.15. The Morgan fingerprint density at radius 2 is 2.20 bits per heavy atom. The van der Waals surface area contributed by atoms with Gasteiger partial charge in [0.1, 0.15) is 0 Å². The Bertz CT molecular complexity index is 460. The summed E-state index contributed by atoms with van der Waals surface area (Å²) in [5.41, 5.74) is 9.48. The number of fused-ring (bicyclic) bond motifs is 1. The summed E-state index contributed by atoms with van der Waals surface area (Å²) in [6.07, 6.45) is 4.67. The molecule has 0 bridgehead atoms. The number of nitrogens with zero attached hydrogens (tertiary/aromatic N) is 1. The lowest BCUT2D eigenvalue weighted by molar-refractivity contribution is -0.143. The summed E-state index contributed by atoms with van der Waals surface area (Å²) in [5.74, 6) is -0.0770. The third kappa shape index (κ3) is 3.65. The fourth-order valence-electron chi connectivity index (χ4n) is 2.74. The molecule has 0 aliphatic carbocycles. The molecule has 110 valence electrons. The molecular formula is C16H24N2O2. The quantitative estimate of drug-likeness (QED) is 0.472. The number of hydrogen-bond donors (Lipinski definition) is 1. The molecule has 0 atom stereocenters. The van der Waals surface area contributed by atoms with Crippen LogP contribution in [0.25, 0.3) is 0 Å². The van der Waals surface area contributed by atoms with Crippen molar-refractivity contribution in [3.63, 3.8) is 0 Å². The topological polar surface area (TPSA) is 55.6 Å². The molecule has 0 saturated heterocycles. The lowest BCUT2D eigenvalue weighted by Crippen LogP contribution is -2.21. The highest BCUT2D eigenvalue weighted by molar-refractivity contribution is 5.69. The van der Waals surface area contributed by atoms with E-state index in [2.05, 4.69) is 11.0 Å². The summed E-state index contributed by atoms with van der Waals surface area (Å²) in [5, 5.41) is 0. The van der Waals surface area contributed by atoms with Gasteiger partial charge in [-0.2, -0.15) is 0 Å². The lowest BCUT2D eigenvalue weighted by Gasteiger charge is -2.19. The van der Waals surface area contributed by atoms with Gasteiger partial charge in [-0.05, 0) is 38.3 Å². The third-order valence-electron chi connectivity index (χ3n) is 3.77. The predicted octanol–water partition coefficient (Wildman–Crippen LogP) is 2.75. The Morgan fingerprint density at radius 3 is 3.00 bits per heavy atom. The van der Waals surface area contributed by atoms with E-state index < -0.39 is 0 Å². The highest BCUT2D eigenvalue weighted by atomic mass is 16.5. The standard InChI is InChI=1S/C16H24N2O2/c1-2-20-16(19)9-4-3-5-11-18-12-10-13-14(17)7-6-8-15(13)18/h6-8H,2-5,9-12,17H2,1H3. The average molecular weight is 276 g/mol. The van der Waals surface area contributed by atoms with E-state index in [1.165, 1.54) is 11.3 Å². The molecule has 20 heavy (non-hydrogen) atoms. The average Bonchev–Trinajstić information content (AvgIpc) is 2.83. The van der Waals surface area contributed by atoms with Crippen LogP contribution < -0.4 is 10.6 Å². The van der Waals surface area contributed by atoms with Crippen molar-refractivity contribution in [2.45, 2.75) is 39.0 Å². The molecule has 0 spiro atoms. The molecule has 1 aromatic rings. The first-order valence-corrected chi connectivity index (χ1v) is 7.50. The summed E-state index contributed by atoms with van der Waals surface area (Å²) in [7, 11) is 0. The maximum absolute atomic E-state index is 11.2. The van der Waals surface area contributed by atoms with E-state index in [1.54, 1.807) is 0 Å². The van der Waals surface area contributed by atoms with Crippen molar-refractivity contribution in [1.29, 1.82) is 0 Å². The zero-order valence-electron chi connectivity index (χ0n) is 12.2. The van der Waals surface area contributed by atoms with Crippen LogP contribution in [-0.4, -0.2) is 25.7 Å². The summed E-state index contributed by atoms with van der Waals surface area (Å²) in [6.45, 7) is 4.42. The number of hydrogen-bond acceptors (Lipinski definition) is 4. The number of benzene rings is 1. The molecule has 0 saturated carbocycles. The molecular weight excluding hydrogens is 252 g/mol. The third-order valence-corrected chi connectivity index (χ3v) is 3.77. The van der Waals surface area contributed by atoms with E-state index in [0.29, 0.717) is 13.0 Å². The molecule has 0 radical (unpaired) electrons. The van der Waals surface area contributed by atoms with Crippen molar-refractivity contribution in [1.82, 2.24) is 0 Å². The van der Waals surface area contributed by atoms with Gasteiger partial charge in [-0.25, -0.2) is 0 Å². The van der Waals surface area contributed by atoms with Gasteiger partial charge < -0.3 is 15.4 Å². The fraction of sp³-hybridized carbons (Fsp3) is 0.562. The number of carbonyl (C=O) groups is 1. The van der Waals surface area contributed by atoms with Crippen LogP contribution >= 0.6 is 0 Å². The molecule has 2 rings (SSSR count). The minimum Gasteiger partial charge on any atom is -0.466 e. The minimum absolute atomic E-state index is 0.0770. The number of ether oxygens (including phenoxy) is 1. The molecule has 1 aliphatic rings. The van der Waals surface area contributed by atoms with Gasteiger partial charge in [0.2, 0.25) is 0 Å². The molecule has 2 N–H and O–H groups in total. The zero-order chi connectivity index (χ0) is 14.4. The predicted molar refractivity (Wildman–Crippen MR) is 81.9 cm³/mol. The monoisotopic (exact) mass is 276 g/mol. The number of nitrogen functional groups attached to an aromatic ring is 1. The van der Waals surface area contributed by atoms with Gasteiger partial charge in [-0.1, -0.05) is 12.5 Å². The summed E-state index contributed by atoms with van der Waals surface area (Å²) in [4.78, 5) is 13.6. The second-order valence-electron chi connectivity index (χ2n) is 5.20. The maximum atomic E-state index is 11.2. The first-order valence-electron chi connectivity index (χ1n) is 7.50. The zero-order valence-corrected chi connectivity index (χ0v) is 12.2. The highest BCUT2D eigenvalue weighted by Crippen LogP contribution is 2.32. The lowest BCUT2D eigenvalue weighted by atomic mass is 10.1. The maximum Gasteiger partial charge on any atom is 0.305 e. The molecule has 1 aromatic carbocycles. The van der Waals surface area contributed by atoms with Gasteiger partial charge in [-0.15, -0.1) is 0 Å².